The molecule has 4 heteroatoms. The molecule has 15 heavy (non-hydrogen) atoms. The number of amides is 1. The van der Waals surface area contributed by atoms with Crippen LogP contribution in [-0.2, 0) is 14.3 Å². The fourth-order valence-electron chi connectivity index (χ4n) is 1.68. The fraction of sp³-hybridized carbons (Fsp3) is 0.636. The summed E-state index contributed by atoms with van der Waals surface area (Å²) in [5.41, 5.74) is 0. The summed E-state index contributed by atoms with van der Waals surface area (Å²) in [5, 5.41) is 2.83. The Morgan fingerprint density at radius 1 is 1.27 bits per heavy atom. The quantitative estimate of drug-likeness (QED) is 0.551. The van der Waals surface area contributed by atoms with Gasteiger partial charge in [-0.1, -0.05) is 6.08 Å². The summed E-state index contributed by atoms with van der Waals surface area (Å²) in [6, 6.07) is 0.0723. The first-order chi connectivity index (χ1) is 7.08. The first-order valence-electron chi connectivity index (χ1n) is 5.20. The minimum atomic E-state index is -0.261. The largest absolute Gasteiger partial charge is 0.458 e. The van der Waals surface area contributed by atoms with Crippen LogP contribution in [0, 0.1) is 0 Å². The monoisotopic (exact) mass is 211 g/mol. The minimum absolute atomic E-state index is 0.0319. The van der Waals surface area contributed by atoms with Gasteiger partial charge in [0, 0.05) is 19.9 Å². The minimum Gasteiger partial charge on any atom is -0.458 e. The molecule has 0 aromatic heterocycles. The molecule has 0 fully saturated rings. The third-order valence-corrected chi connectivity index (χ3v) is 2.27. The summed E-state index contributed by atoms with van der Waals surface area (Å²) in [5.74, 6) is -0.293. The second-order valence-electron chi connectivity index (χ2n) is 3.77. The van der Waals surface area contributed by atoms with E-state index in [1.807, 2.05) is 12.2 Å². The molecule has 1 aliphatic carbocycles. The van der Waals surface area contributed by atoms with Crippen molar-refractivity contribution in [1.82, 2.24) is 5.32 Å². The van der Waals surface area contributed by atoms with E-state index in [0.717, 1.165) is 19.3 Å². The van der Waals surface area contributed by atoms with Crippen LogP contribution in [0.3, 0.4) is 0 Å². The number of carbonyl (C=O) groups excluding carboxylic acids is 2. The number of hydrogen-bond donors (Lipinski definition) is 1. The molecule has 4 nitrogen and oxygen atoms in total. The van der Waals surface area contributed by atoms with Gasteiger partial charge in [0.15, 0.2) is 0 Å². The van der Waals surface area contributed by atoms with E-state index in [1.54, 1.807) is 0 Å². The second-order valence-corrected chi connectivity index (χ2v) is 3.77. The Balaban J connectivity index is 2.48. The first-order valence-corrected chi connectivity index (χ1v) is 5.20. The standard InChI is InChI=1S/C11H17NO3/c1-8(13)12-10-4-3-5-11(7-6-10)15-9(2)14/h6-7,10-11H,3-5H2,1-2H3,(H,12,13)/t10-,11+/m1/s1. The van der Waals surface area contributed by atoms with E-state index in [1.165, 1.54) is 13.8 Å². The van der Waals surface area contributed by atoms with Crippen molar-refractivity contribution in [3.05, 3.63) is 12.2 Å². The molecule has 84 valence electrons. The van der Waals surface area contributed by atoms with Gasteiger partial charge >= 0.3 is 5.97 Å². The highest BCUT2D eigenvalue weighted by molar-refractivity contribution is 5.73. The third-order valence-electron chi connectivity index (χ3n) is 2.27. The second kappa shape index (κ2) is 5.53. The third kappa shape index (κ3) is 4.63. The van der Waals surface area contributed by atoms with Crippen LogP contribution in [-0.4, -0.2) is 24.0 Å². The van der Waals surface area contributed by atoms with Crippen LogP contribution >= 0.6 is 0 Å². The average molecular weight is 211 g/mol. The van der Waals surface area contributed by atoms with Crippen LogP contribution in [0.25, 0.3) is 0 Å². The van der Waals surface area contributed by atoms with E-state index >= 15 is 0 Å². The topological polar surface area (TPSA) is 55.4 Å². The molecule has 0 aromatic rings. The summed E-state index contributed by atoms with van der Waals surface area (Å²) in [7, 11) is 0. The van der Waals surface area contributed by atoms with E-state index in [2.05, 4.69) is 5.32 Å². The van der Waals surface area contributed by atoms with E-state index in [0.29, 0.717) is 0 Å². The SMILES string of the molecule is CC(=O)N[C@H]1C=C[C@@H](OC(C)=O)CCC1. The summed E-state index contributed by atoms with van der Waals surface area (Å²) >= 11 is 0. The molecule has 1 aliphatic rings. The number of esters is 1. The normalized spacial score (nSPS) is 25.5. The van der Waals surface area contributed by atoms with Gasteiger partial charge in [0.25, 0.3) is 0 Å². The molecule has 0 radical (unpaired) electrons. The van der Waals surface area contributed by atoms with Crippen molar-refractivity contribution in [2.45, 2.75) is 45.3 Å². The zero-order chi connectivity index (χ0) is 11.3. The molecule has 2 atom stereocenters. The molecular formula is C11H17NO3. The lowest BCUT2D eigenvalue weighted by Gasteiger charge is -2.10. The van der Waals surface area contributed by atoms with Crippen LogP contribution in [0.5, 0.6) is 0 Å². The van der Waals surface area contributed by atoms with Crippen LogP contribution in [0.1, 0.15) is 33.1 Å². The first kappa shape index (κ1) is 11.8. The average Bonchev–Trinajstić information content (AvgIpc) is 2.29. The van der Waals surface area contributed by atoms with Gasteiger partial charge < -0.3 is 10.1 Å². The van der Waals surface area contributed by atoms with Crippen molar-refractivity contribution in [3.63, 3.8) is 0 Å². The van der Waals surface area contributed by atoms with E-state index < -0.39 is 0 Å². The van der Waals surface area contributed by atoms with Crippen LogP contribution in [0.4, 0.5) is 0 Å². The molecule has 0 spiro atoms. The highest BCUT2D eigenvalue weighted by atomic mass is 16.5. The smallest absolute Gasteiger partial charge is 0.303 e. The van der Waals surface area contributed by atoms with E-state index in [-0.39, 0.29) is 24.0 Å². The number of hydrogen-bond acceptors (Lipinski definition) is 3. The zero-order valence-electron chi connectivity index (χ0n) is 9.16. The molecule has 0 saturated carbocycles. The molecule has 0 aliphatic heterocycles. The maximum Gasteiger partial charge on any atom is 0.303 e. The Hall–Kier alpha value is -1.32. The number of ether oxygens (including phenoxy) is 1. The lowest BCUT2D eigenvalue weighted by atomic mass is 10.1. The van der Waals surface area contributed by atoms with Crippen LogP contribution in [0.15, 0.2) is 12.2 Å². The van der Waals surface area contributed by atoms with E-state index in [9.17, 15) is 9.59 Å². The van der Waals surface area contributed by atoms with Gasteiger partial charge in [-0.15, -0.1) is 0 Å². The van der Waals surface area contributed by atoms with Gasteiger partial charge in [-0.2, -0.15) is 0 Å². The Bertz CT molecular complexity index is 247. The van der Waals surface area contributed by atoms with Crippen molar-refractivity contribution < 1.29 is 14.3 Å². The van der Waals surface area contributed by atoms with Crippen molar-refractivity contribution in [3.8, 4) is 0 Å². The summed E-state index contributed by atoms with van der Waals surface area (Å²) in [6.45, 7) is 2.91. The molecular weight excluding hydrogens is 194 g/mol. The zero-order valence-corrected chi connectivity index (χ0v) is 9.16. The Morgan fingerprint density at radius 2 is 2.00 bits per heavy atom. The highest BCUT2D eigenvalue weighted by Crippen LogP contribution is 2.14. The predicted molar refractivity (Wildman–Crippen MR) is 56.1 cm³/mol. The molecule has 0 bridgehead atoms. The van der Waals surface area contributed by atoms with Gasteiger partial charge in [-0.05, 0) is 25.3 Å². The van der Waals surface area contributed by atoms with Crippen molar-refractivity contribution in [1.29, 1.82) is 0 Å². The lowest BCUT2D eigenvalue weighted by molar-refractivity contribution is -0.144. The van der Waals surface area contributed by atoms with Crippen molar-refractivity contribution in [2.24, 2.45) is 0 Å². The summed E-state index contributed by atoms with van der Waals surface area (Å²) in [4.78, 5) is 21.6. The van der Waals surface area contributed by atoms with Gasteiger partial charge in [0.2, 0.25) is 5.91 Å². The molecule has 1 N–H and O–H groups in total. The maximum absolute atomic E-state index is 10.9. The highest BCUT2D eigenvalue weighted by Gasteiger charge is 2.15. The number of nitrogens with one attached hydrogen (secondary N) is 1. The molecule has 0 heterocycles. The van der Waals surface area contributed by atoms with Gasteiger partial charge in [0.05, 0.1) is 0 Å². The van der Waals surface area contributed by atoms with Crippen molar-refractivity contribution >= 4 is 11.9 Å². The number of carbonyl (C=O) groups is 2. The Kier molecular flexibility index (Phi) is 4.34. The van der Waals surface area contributed by atoms with Crippen molar-refractivity contribution in [2.75, 3.05) is 0 Å². The molecule has 0 aromatic carbocycles. The summed E-state index contributed by atoms with van der Waals surface area (Å²) < 4.78 is 5.09. The molecule has 1 rings (SSSR count). The van der Waals surface area contributed by atoms with Gasteiger partial charge in [0.1, 0.15) is 6.10 Å². The molecule has 0 saturated heterocycles. The lowest BCUT2D eigenvalue weighted by Crippen LogP contribution is -2.30. The Morgan fingerprint density at radius 3 is 2.60 bits per heavy atom. The maximum atomic E-state index is 10.9. The van der Waals surface area contributed by atoms with Crippen LogP contribution < -0.4 is 5.32 Å². The fourth-order valence-corrected chi connectivity index (χ4v) is 1.68. The van der Waals surface area contributed by atoms with Gasteiger partial charge in [-0.25, -0.2) is 0 Å². The van der Waals surface area contributed by atoms with Gasteiger partial charge in [-0.3, -0.25) is 9.59 Å². The Labute approximate surface area is 89.7 Å². The predicted octanol–water partition coefficient (Wildman–Crippen LogP) is 1.16. The molecule has 0 unspecified atom stereocenters. The van der Waals surface area contributed by atoms with Crippen LogP contribution in [0.2, 0.25) is 0 Å². The number of rotatable bonds is 2. The van der Waals surface area contributed by atoms with E-state index in [4.69, 9.17) is 4.74 Å². The molecule has 1 amide bonds. The summed E-state index contributed by atoms with van der Waals surface area (Å²) in [6.07, 6.45) is 6.29.